The Labute approximate surface area is 174 Å². The fourth-order valence-electron chi connectivity index (χ4n) is 3.93. The summed E-state index contributed by atoms with van der Waals surface area (Å²) in [6, 6.07) is 7.56. The number of hydrogen-bond donors (Lipinski definition) is 1. The molecule has 1 fully saturated rings. The van der Waals surface area contributed by atoms with Crippen molar-refractivity contribution in [3.05, 3.63) is 24.3 Å². The minimum Gasteiger partial charge on any atom is -0.487 e. The van der Waals surface area contributed by atoms with E-state index in [1.54, 1.807) is 4.90 Å². The Bertz CT molecular complexity index is 688. The molecule has 2 heterocycles. The third kappa shape index (κ3) is 6.18. The molecule has 0 spiro atoms. The smallest absolute Gasteiger partial charge is 0.227 e. The van der Waals surface area contributed by atoms with Crippen molar-refractivity contribution in [2.24, 2.45) is 0 Å². The second kappa shape index (κ2) is 10.6. The highest BCUT2D eigenvalue weighted by Crippen LogP contribution is 2.33. The lowest BCUT2D eigenvalue weighted by molar-refractivity contribution is -0.125. The van der Waals surface area contributed by atoms with E-state index in [1.165, 1.54) is 0 Å². The SMILES string of the molecule is CCN1CCN(CCCNC(=O)CCC(=O)N2C[C@H](C)Oc3ccccc32)CC1. The number of carbonyl (C=O) groups is 2. The number of likely N-dealkylation sites (N-methyl/N-ethyl adjacent to an activating group) is 1. The number of rotatable bonds is 8. The van der Waals surface area contributed by atoms with E-state index in [2.05, 4.69) is 22.0 Å². The number of piperazine rings is 1. The summed E-state index contributed by atoms with van der Waals surface area (Å²) in [5.74, 6) is 0.643. The summed E-state index contributed by atoms with van der Waals surface area (Å²) in [6.07, 6.45) is 1.33. The molecule has 3 rings (SSSR count). The van der Waals surface area contributed by atoms with E-state index in [-0.39, 0.29) is 30.8 Å². The first-order chi connectivity index (χ1) is 14.1. The first-order valence-electron chi connectivity index (χ1n) is 10.8. The molecule has 7 nitrogen and oxygen atoms in total. The molecule has 29 heavy (non-hydrogen) atoms. The lowest BCUT2D eigenvalue weighted by Gasteiger charge is -2.34. The predicted molar refractivity (Wildman–Crippen MR) is 114 cm³/mol. The molecule has 0 aliphatic carbocycles. The number of fused-ring (bicyclic) bond motifs is 1. The molecule has 1 N–H and O–H groups in total. The van der Waals surface area contributed by atoms with Gasteiger partial charge in [-0.15, -0.1) is 0 Å². The van der Waals surface area contributed by atoms with Gasteiger partial charge in [0, 0.05) is 45.6 Å². The van der Waals surface area contributed by atoms with Crippen LogP contribution in [0.5, 0.6) is 5.75 Å². The van der Waals surface area contributed by atoms with Gasteiger partial charge < -0.3 is 24.8 Å². The van der Waals surface area contributed by atoms with Crippen molar-refractivity contribution in [2.45, 2.75) is 39.2 Å². The third-order valence-electron chi connectivity index (χ3n) is 5.68. The number of anilines is 1. The number of nitrogens with one attached hydrogen (secondary N) is 1. The fraction of sp³-hybridized carbons (Fsp3) is 0.636. The summed E-state index contributed by atoms with van der Waals surface area (Å²) in [6.45, 7) is 11.9. The maximum absolute atomic E-state index is 12.7. The topological polar surface area (TPSA) is 65.1 Å². The van der Waals surface area contributed by atoms with Crippen molar-refractivity contribution in [3.8, 4) is 5.75 Å². The lowest BCUT2D eigenvalue weighted by atomic mass is 10.1. The zero-order valence-corrected chi connectivity index (χ0v) is 17.7. The van der Waals surface area contributed by atoms with Crippen LogP contribution < -0.4 is 15.0 Å². The van der Waals surface area contributed by atoms with Gasteiger partial charge >= 0.3 is 0 Å². The van der Waals surface area contributed by atoms with Crippen molar-refractivity contribution < 1.29 is 14.3 Å². The van der Waals surface area contributed by atoms with Crippen molar-refractivity contribution in [1.29, 1.82) is 0 Å². The second-order valence-corrected chi connectivity index (χ2v) is 7.88. The van der Waals surface area contributed by atoms with Crippen LogP contribution in [0, 0.1) is 0 Å². The highest BCUT2D eigenvalue weighted by Gasteiger charge is 2.27. The number of nitrogens with zero attached hydrogens (tertiary/aromatic N) is 3. The van der Waals surface area contributed by atoms with E-state index in [1.807, 2.05) is 31.2 Å². The van der Waals surface area contributed by atoms with E-state index in [0.29, 0.717) is 13.1 Å². The Kier molecular flexibility index (Phi) is 7.89. The van der Waals surface area contributed by atoms with Gasteiger partial charge in [0.2, 0.25) is 11.8 Å². The Morgan fingerprint density at radius 1 is 1.10 bits per heavy atom. The van der Waals surface area contributed by atoms with Crippen LogP contribution in [0.4, 0.5) is 5.69 Å². The van der Waals surface area contributed by atoms with Crippen LogP contribution in [0.1, 0.15) is 33.1 Å². The maximum Gasteiger partial charge on any atom is 0.227 e. The van der Waals surface area contributed by atoms with Gasteiger partial charge in [0.05, 0.1) is 12.2 Å². The molecule has 0 bridgehead atoms. The molecule has 0 unspecified atom stereocenters. The van der Waals surface area contributed by atoms with Gasteiger partial charge in [0.1, 0.15) is 11.9 Å². The van der Waals surface area contributed by atoms with Gasteiger partial charge in [0.25, 0.3) is 0 Å². The van der Waals surface area contributed by atoms with E-state index in [9.17, 15) is 9.59 Å². The van der Waals surface area contributed by atoms with Crippen molar-refractivity contribution >= 4 is 17.5 Å². The van der Waals surface area contributed by atoms with Crippen molar-refractivity contribution in [3.63, 3.8) is 0 Å². The molecule has 1 atom stereocenters. The monoisotopic (exact) mass is 402 g/mol. The number of benzene rings is 1. The first kappa shape index (κ1) is 21.6. The number of para-hydroxylation sites is 2. The molecule has 2 aliphatic heterocycles. The van der Waals surface area contributed by atoms with Gasteiger partial charge in [-0.05, 0) is 38.6 Å². The molecule has 160 valence electrons. The van der Waals surface area contributed by atoms with E-state index < -0.39 is 0 Å². The van der Waals surface area contributed by atoms with Crippen molar-refractivity contribution in [2.75, 3.05) is 57.3 Å². The third-order valence-corrected chi connectivity index (χ3v) is 5.68. The molecule has 1 aromatic carbocycles. The highest BCUT2D eigenvalue weighted by molar-refractivity contribution is 5.97. The molecule has 2 aliphatic rings. The van der Waals surface area contributed by atoms with Crippen molar-refractivity contribution in [1.82, 2.24) is 15.1 Å². The van der Waals surface area contributed by atoms with Gasteiger partial charge in [-0.1, -0.05) is 19.1 Å². The summed E-state index contributed by atoms with van der Waals surface area (Å²) >= 11 is 0. The molecular formula is C22H34N4O3. The summed E-state index contributed by atoms with van der Waals surface area (Å²) in [7, 11) is 0. The lowest BCUT2D eigenvalue weighted by Crippen LogP contribution is -2.46. The molecule has 2 amide bonds. The summed E-state index contributed by atoms with van der Waals surface area (Å²) < 4.78 is 5.79. The van der Waals surface area contributed by atoms with E-state index in [0.717, 1.165) is 57.1 Å². The largest absolute Gasteiger partial charge is 0.487 e. The van der Waals surface area contributed by atoms with E-state index >= 15 is 0 Å². The molecule has 7 heteroatoms. The quantitative estimate of drug-likeness (QED) is 0.671. The molecular weight excluding hydrogens is 368 g/mol. The number of ether oxygens (including phenoxy) is 1. The molecule has 0 radical (unpaired) electrons. The van der Waals surface area contributed by atoms with Crippen LogP contribution in [-0.4, -0.2) is 80.1 Å². The highest BCUT2D eigenvalue weighted by atomic mass is 16.5. The van der Waals surface area contributed by atoms with Gasteiger partial charge in [-0.2, -0.15) is 0 Å². The van der Waals surface area contributed by atoms with Crippen LogP contribution in [0.25, 0.3) is 0 Å². The normalized spacial score (nSPS) is 20.1. The predicted octanol–water partition coefficient (Wildman–Crippen LogP) is 1.72. The second-order valence-electron chi connectivity index (χ2n) is 7.88. The number of carbonyl (C=O) groups excluding carboxylic acids is 2. The Hall–Kier alpha value is -2.12. The number of hydrogen-bond acceptors (Lipinski definition) is 5. The average molecular weight is 403 g/mol. The van der Waals surface area contributed by atoms with Crippen LogP contribution in [0.2, 0.25) is 0 Å². The first-order valence-corrected chi connectivity index (χ1v) is 10.8. The maximum atomic E-state index is 12.7. The zero-order chi connectivity index (χ0) is 20.6. The van der Waals surface area contributed by atoms with Gasteiger partial charge in [-0.3, -0.25) is 9.59 Å². The van der Waals surface area contributed by atoms with Gasteiger partial charge in [0.15, 0.2) is 0 Å². The molecule has 0 saturated carbocycles. The summed E-state index contributed by atoms with van der Waals surface area (Å²) in [5.41, 5.74) is 0.791. The van der Waals surface area contributed by atoms with Crippen LogP contribution >= 0.6 is 0 Å². The van der Waals surface area contributed by atoms with E-state index in [4.69, 9.17) is 4.74 Å². The summed E-state index contributed by atoms with van der Waals surface area (Å²) in [5, 5.41) is 2.96. The Morgan fingerprint density at radius 2 is 1.83 bits per heavy atom. The van der Waals surface area contributed by atoms with Gasteiger partial charge in [-0.25, -0.2) is 0 Å². The zero-order valence-electron chi connectivity index (χ0n) is 17.7. The van der Waals surface area contributed by atoms with Crippen LogP contribution in [0.3, 0.4) is 0 Å². The standard InChI is InChI=1S/C22H34N4O3/c1-3-24-13-15-25(16-14-24)12-6-11-23-21(27)9-10-22(28)26-17-18(2)29-20-8-5-4-7-19(20)26/h4-5,7-8,18H,3,6,9-17H2,1-2H3,(H,23,27)/t18-/m0/s1. The Morgan fingerprint density at radius 3 is 2.59 bits per heavy atom. The summed E-state index contributed by atoms with van der Waals surface area (Å²) in [4.78, 5) is 31.5. The molecule has 1 saturated heterocycles. The minimum atomic E-state index is -0.0538. The minimum absolute atomic E-state index is 0.0310. The molecule has 0 aromatic heterocycles. The molecule has 1 aromatic rings. The fourth-order valence-corrected chi connectivity index (χ4v) is 3.93. The Balaban J connectivity index is 1.34. The van der Waals surface area contributed by atoms with Crippen LogP contribution in [-0.2, 0) is 9.59 Å². The number of amides is 2. The average Bonchev–Trinajstić information content (AvgIpc) is 2.74. The van der Waals surface area contributed by atoms with Crippen LogP contribution in [0.15, 0.2) is 24.3 Å².